The summed E-state index contributed by atoms with van der Waals surface area (Å²) in [5, 5.41) is 19.0. The Morgan fingerprint density at radius 3 is 1.36 bits per heavy atom. The van der Waals surface area contributed by atoms with Gasteiger partial charge in [-0.15, -0.1) is 0 Å². The van der Waals surface area contributed by atoms with Crippen LogP contribution in [0, 0.1) is 0 Å². The number of aryl methyl sites for hydroxylation is 1. The fourth-order valence-corrected chi connectivity index (χ4v) is 13.2. The van der Waals surface area contributed by atoms with Gasteiger partial charge in [0.05, 0.1) is 33.6 Å². The molecule has 2 aromatic heterocycles. The van der Waals surface area contributed by atoms with Crippen molar-refractivity contribution in [2.75, 3.05) is 0 Å². The topological polar surface area (TPSA) is 9.86 Å². The van der Waals surface area contributed by atoms with E-state index in [1.165, 1.54) is 153 Å². The second-order valence-corrected chi connectivity index (χ2v) is 20.2. The van der Waals surface area contributed by atoms with Crippen molar-refractivity contribution in [2.45, 2.75) is 12.8 Å². The summed E-state index contributed by atoms with van der Waals surface area (Å²) < 4.78 is 5.11. The van der Waals surface area contributed by atoms with Crippen LogP contribution >= 0.6 is 0 Å². The molecule has 0 atom stereocenters. The van der Waals surface area contributed by atoms with Crippen molar-refractivity contribution in [2.24, 2.45) is 0 Å². The van der Waals surface area contributed by atoms with Crippen LogP contribution in [0.15, 0.2) is 249 Å². The summed E-state index contributed by atoms with van der Waals surface area (Å²) in [4.78, 5) is 0. The molecule has 15 aromatic rings. The molecule has 0 bridgehead atoms. The van der Waals surface area contributed by atoms with Gasteiger partial charge in [0.2, 0.25) is 0 Å². The summed E-state index contributed by atoms with van der Waals surface area (Å²) in [6.45, 7) is 0. The zero-order valence-corrected chi connectivity index (χ0v) is 40.6. The third-order valence-corrected chi connectivity index (χ3v) is 16.4. The molecule has 344 valence electrons. The smallest absolute Gasteiger partial charge is 0.0547 e. The summed E-state index contributed by atoms with van der Waals surface area (Å²) in [6, 6.07) is 92.8. The van der Waals surface area contributed by atoms with Gasteiger partial charge in [0, 0.05) is 26.9 Å². The van der Waals surface area contributed by atoms with Gasteiger partial charge in [0.25, 0.3) is 0 Å². The van der Waals surface area contributed by atoms with Crippen LogP contribution in [0.5, 0.6) is 0 Å². The highest BCUT2D eigenvalue weighted by Crippen LogP contribution is 2.47. The van der Waals surface area contributed by atoms with E-state index in [4.69, 9.17) is 0 Å². The molecule has 2 heterocycles. The third kappa shape index (κ3) is 6.00. The van der Waals surface area contributed by atoms with Crippen molar-refractivity contribution >= 4 is 109 Å². The van der Waals surface area contributed by atoms with Crippen LogP contribution in [0.2, 0.25) is 0 Å². The molecule has 74 heavy (non-hydrogen) atoms. The first-order valence-corrected chi connectivity index (χ1v) is 26.0. The molecule has 16 rings (SSSR count). The lowest BCUT2D eigenvalue weighted by Gasteiger charge is -2.20. The Labute approximate surface area is 427 Å². The van der Waals surface area contributed by atoms with E-state index in [0.717, 1.165) is 12.8 Å². The fraction of sp³-hybridized carbons (Fsp3) is 0.0278. The van der Waals surface area contributed by atoms with E-state index in [1.54, 1.807) is 0 Å². The van der Waals surface area contributed by atoms with Gasteiger partial charge in [-0.25, -0.2) is 0 Å². The van der Waals surface area contributed by atoms with Gasteiger partial charge in [-0.2, -0.15) is 0 Å². The van der Waals surface area contributed by atoms with Crippen LogP contribution in [0.25, 0.3) is 143 Å². The number of aromatic nitrogens is 2. The minimum atomic E-state index is 0.975. The lowest BCUT2D eigenvalue weighted by atomic mass is 9.88. The van der Waals surface area contributed by atoms with Gasteiger partial charge < -0.3 is 9.13 Å². The highest BCUT2D eigenvalue weighted by atomic mass is 15.0. The van der Waals surface area contributed by atoms with E-state index in [9.17, 15) is 0 Å². The van der Waals surface area contributed by atoms with E-state index in [-0.39, 0.29) is 0 Å². The van der Waals surface area contributed by atoms with Gasteiger partial charge in [0.1, 0.15) is 0 Å². The lowest BCUT2D eigenvalue weighted by molar-refractivity contribution is 0.984. The van der Waals surface area contributed by atoms with Crippen LogP contribution in [-0.2, 0) is 6.42 Å². The number of hydrogen-bond donors (Lipinski definition) is 0. The van der Waals surface area contributed by atoms with Crippen LogP contribution in [-0.4, -0.2) is 9.13 Å². The average molecular weight is 939 g/mol. The quantitative estimate of drug-likeness (QED) is 0.163. The standard InChI is InChI=1S/C72H46N2/c1-5-21-51-45(15-1)19-13-29-53(51)49-31-35-63-69(43-49)73(67-39-33-47-17-3-7-23-55(47)71(63)67)65-41-37-59(57-25-9-11-27-61(57)65)60-38-42-66(62-28-12-10-26-58(60)62)74-68-40-34-48-18-4-8-24-56(48)72(68)64-36-32-50(44-70(64)74)54-30-14-20-46-16-2-6-22-52(46)54/h1-31,33-35,37-44H,32,36H2. The molecule has 0 fully saturated rings. The molecule has 1 aliphatic rings. The number of rotatable bonds is 5. The predicted molar refractivity (Wildman–Crippen MR) is 316 cm³/mol. The monoisotopic (exact) mass is 938 g/mol. The summed E-state index contributed by atoms with van der Waals surface area (Å²) in [7, 11) is 0. The number of benzene rings is 13. The molecule has 2 nitrogen and oxygen atoms in total. The SMILES string of the molecule is C1=C(c2cccc3ccccc23)CCc2c1n(-c1ccc(-c3ccc(-n4c5cc(-c6cccc7ccccc67)ccc5c5c6ccccc6ccc54)c4ccccc34)c3ccccc13)c1ccc3ccccc3c21. The zero-order chi connectivity index (χ0) is 48.4. The maximum absolute atomic E-state index is 2.58. The Kier molecular flexibility index (Phi) is 8.90. The summed E-state index contributed by atoms with van der Waals surface area (Å²) >= 11 is 0. The fourth-order valence-electron chi connectivity index (χ4n) is 13.2. The molecular weight excluding hydrogens is 893 g/mol. The zero-order valence-electron chi connectivity index (χ0n) is 40.6. The maximum atomic E-state index is 2.58. The second-order valence-electron chi connectivity index (χ2n) is 20.2. The first kappa shape index (κ1) is 41.2. The average Bonchev–Trinajstić information content (AvgIpc) is 3.99. The van der Waals surface area contributed by atoms with Crippen molar-refractivity contribution in [1.29, 1.82) is 0 Å². The maximum Gasteiger partial charge on any atom is 0.0547 e. The van der Waals surface area contributed by atoms with Crippen molar-refractivity contribution in [3.8, 4) is 33.6 Å². The van der Waals surface area contributed by atoms with E-state index in [2.05, 4.69) is 264 Å². The molecule has 0 radical (unpaired) electrons. The van der Waals surface area contributed by atoms with Crippen molar-refractivity contribution in [3.05, 3.63) is 266 Å². The molecule has 0 spiro atoms. The minimum Gasteiger partial charge on any atom is -0.309 e. The Hall–Kier alpha value is -9.50. The van der Waals surface area contributed by atoms with Gasteiger partial charge >= 0.3 is 0 Å². The Morgan fingerprint density at radius 2 is 0.743 bits per heavy atom. The van der Waals surface area contributed by atoms with Crippen LogP contribution in [0.1, 0.15) is 23.2 Å². The van der Waals surface area contributed by atoms with Gasteiger partial charge in [-0.3, -0.25) is 0 Å². The molecule has 2 heteroatoms. The van der Waals surface area contributed by atoms with Crippen molar-refractivity contribution < 1.29 is 0 Å². The molecule has 1 aliphatic carbocycles. The summed E-state index contributed by atoms with van der Waals surface area (Å²) in [5.74, 6) is 0. The van der Waals surface area contributed by atoms with E-state index in [0.29, 0.717) is 0 Å². The van der Waals surface area contributed by atoms with E-state index in [1.807, 2.05) is 0 Å². The predicted octanol–water partition coefficient (Wildman–Crippen LogP) is 19.5. The molecule has 0 aliphatic heterocycles. The Balaban J connectivity index is 0.916. The largest absolute Gasteiger partial charge is 0.309 e. The number of allylic oxidation sites excluding steroid dienone is 1. The van der Waals surface area contributed by atoms with Gasteiger partial charge in [-0.05, 0) is 142 Å². The van der Waals surface area contributed by atoms with Gasteiger partial charge in [0.15, 0.2) is 0 Å². The number of fused-ring (bicyclic) bond motifs is 14. The van der Waals surface area contributed by atoms with E-state index >= 15 is 0 Å². The second kappa shape index (κ2) is 16.0. The first-order chi connectivity index (χ1) is 36.7. The first-order valence-electron chi connectivity index (χ1n) is 26.0. The lowest BCUT2D eigenvalue weighted by Crippen LogP contribution is -2.04. The summed E-state index contributed by atoms with van der Waals surface area (Å²) in [6.07, 6.45) is 4.47. The van der Waals surface area contributed by atoms with Crippen LogP contribution in [0.4, 0.5) is 0 Å². The summed E-state index contributed by atoms with van der Waals surface area (Å²) in [5.41, 5.74) is 16.3. The molecular formula is C72H46N2. The van der Waals surface area contributed by atoms with Gasteiger partial charge in [-0.1, -0.05) is 218 Å². The highest BCUT2D eigenvalue weighted by Gasteiger charge is 2.26. The van der Waals surface area contributed by atoms with Crippen molar-refractivity contribution in [1.82, 2.24) is 9.13 Å². The Bertz CT molecular complexity index is 4890. The molecule has 0 amide bonds. The number of nitrogens with zero attached hydrogens (tertiary/aromatic N) is 2. The third-order valence-electron chi connectivity index (χ3n) is 16.4. The number of hydrogen-bond acceptors (Lipinski definition) is 0. The molecule has 0 unspecified atom stereocenters. The van der Waals surface area contributed by atoms with Crippen LogP contribution in [0.3, 0.4) is 0 Å². The Morgan fingerprint density at radius 1 is 0.270 bits per heavy atom. The normalized spacial score (nSPS) is 12.8. The highest BCUT2D eigenvalue weighted by molar-refractivity contribution is 6.23. The molecule has 0 N–H and O–H groups in total. The molecule has 0 saturated heterocycles. The van der Waals surface area contributed by atoms with Crippen molar-refractivity contribution in [3.63, 3.8) is 0 Å². The molecule has 13 aromatic carbocycles. The molecule has 0 saturated carbocycles. The van der Waals surface area contributed by atoms with E-state index < -0.39 is 0 Å². The minimum absolute atomic E-state index is 0.975. The van der Waals surface area contributed by atoms with Crippen LogP contribution < -0.4 is 0 Å².